The summed E-state index contributed by atoms with van der Waals surface area (Å²) in [4.78, 5) is 10.7. The molecule has 0 radical (unpaired) electrons. The van der Waals surface area contributed by atoms with E-state index in [4.69, 9.17) is 10.3 Å². The minimum Gasteiger partial charge on any atom is -0.469 e. The van der Waals surface area contributed by atoms with E-state index >= 15 is 0 Å². The van der Waals surface area contributed by atoms with Gasteiger partial charge in [-0.25, -0.2) is 0 Å². The molecule has 1 heterocycles. The Morgan fingerprint density at radius 1 is 1.83 bits per heavy atom. The fourth-order valence-electron chi connectivity index (χ4n) is 0.755. The molecule has 0 amide bonds. The molecule has 1 rings (SSSR count). The van der Waals surface area contributed by atoms with E-state index in [2.05, 4.69) is 9.89 Å². The second-order valence-electron chi connectivity index (χ2n) is 2.24. The average Bonchev–Trinajstić information content (AvgIpc) is 2.52. The van der Waals surface area contributed by atoms with Crippen molar-refractivity contribution in [3.63, 3.8) is 0 Å². The topological polar surface area (TPSA) is 78.4 Å². The van der Waals surface area contributed by atoms with Crippen LogP contribution in [0.3, 0.4) is 0 Å². The SMILES string of the molecule is COC(=O)Cc1cc(CN)on1. The van der Waals surface area contributed by atoms with Crippen molar-refractivity contribution in [1.29, 1.82) is 0 Å². The lowest BCUT2D eigenvalue weighted by Gasteiger charge is -1.91. The maximum atomic E-state index is 10.7. The van der Waals surface area contributed by atoms with Crippen LogP contribution in [0.4, 0.5) is 0 Å². The Labute approximate surface area is 69.5 Å². The smallest absolute Gasteiger partial charge is 0.311 e. The van der Waals surface area contributed by atoms with E-state index in [1.807, 2.05) is 0 Å². The van der Waals surface area contributed by atoms with Gasteiger partial charge in [-0.15, -0.1) is 0 Å². The number of hydrogen-bond acceptors (Lipinski definition) is 5. The first-order chi connectivity index (χ1) is 5.76. The largest absolute Gasteiger partial charge is 0.469 e. The summed E-state index contributed by atoms with van der Waals surface area (Å²) in [5.74, 6) is 0.223. The lowest BCUT2D eigenvalue weighted by atomic mass is 10.3. The molecule has 0 fully saturated rings. The second kappa shape index (κ2) is 3.87. The van der Waals surface area contributed by atoms with Gasteiger partial charge in [-0.05, 0) is 0 Å². The van der Waals surface area contributed by atoms with Gasteiger partial charge in [0.2, 0.25) is 0 Å². The lowest BCUT2D eigenvalue weighted by Crippen LogP contribution is -2.04. The summed E-state index contributed by atoms with van der Waals surface area (Å²) in [5.41, 5.74) is 5.82. The zero-order chi connectivity index (χ0) is 8.97. The van der Waals surface area contributed by atoms with Gasteiger partial charge in [0.25, 0.3) is 0 Å². The zero-order valence-corrected chi connectivity index (χ0v) is 6.74. The molecule has 1 aromatic heterocycles. The van der Waals surface area contributed by atoms with Crippen LogP contribution in [-0.4, -0.2) is 18.2 Å². The number of carbonyl (C=O) groups is 1. The summed E-state index contributed by atoms with van der Waals surface area (Å²) < 4.78 is 9.22. The molecule has 0 aliphatic rings. The van der Waals surface area contributed by atoms with Gasteiger partial charge in [-0.2, -0.15) is 0 Å². The molecule has 0 saturated heterocycles. The molecule has 0 bridgehead atoms. The van der Waals surface area contributed by atoms with Gasteiger partial charge < -0.3 is 15.0 Å². The number of methoxy groups -OCH3 is 1. The van der Waals surface area contributed by atoms with Crippen LogP contribution in [-0.2, 0) is 22.5 Å². The summed E-state index contributed by atoms with van der Waals surface area (Å²) >= 11 is 0. The first-order valence-electron chi connectivity index (χ1n) is 3.47. The molecular formula is C7H10N2O3. The van der Waals surface area contributed by atoms with Crippen molar-refractivity contribution >= 4 is 5.97 Å². The van der Waals surface area contributed by atoms with Gasteiger partial charge in [0.1, 0.15) is 0 Å². The molecule has 1 aromatic rings. The molecule has 0 saturated carbocycles. The second-order valence-corrected chi connectivity index (χ2v) is 2.24. The minimum absolute atomic E-state index is 0.125. The Morgan fingerprint density at radius 3 is 3.08 bits per heavy atom. The molecule has 0 aromatic carbocycles. The van der Waals surface area contributed by atoms with Crippen molar-refractivity contribution in [3.05, 3.63) is 17.5 Å². The van der Waals surface area contributed by atoms with Crippen LogP contribution in [0.15, 0.2) is 10.6 Å². The number of ether oxygens (including phenoxy) is 1. The highest BCUT2D eigenvalue weighted by Crippen LogP contribution is 2.03. The molecule has 66 valence electrons. The van der Waals surface area contributed by atoms with Gasteiger partial charge in [0.05, 0.1) is 25.8 Å². The number of hydrogen-bond donors (Lipinski definition) is 1. The standard InChI is InChI=1S/C7H10N2O3/c1-11-7(10)3-5-2-6(4-8)12-9-5/h2H,3-4,8H2,1H3. The van der Waals surface area contributed by atoms with Crippen molar-refractivity contribution < 1.29 is 14.1 Å². The van der Waals surface area contributed by atoms with E-state index in [9.17, 15) is 4.79 Å². The highest BCUT2D eigenvalue weighted by atomic mass is 16.5. The predicted molar refractivity (Wildman–Crippen MR) is 40.1 cm³/mol. The Morgan fingerprint density at radius 2 is 2.58 bits per heavy atom. The van der Waals surface area contributed by atoms with Crippen LogP contribution in [0.25, 0.3) is 0 Å². The summed E-state index contributed by atoms with van der Waals surface area (Å²) in [6, 6.07) is 1.64. The third kappa shape index (κ3) is 2.06. The number of carbonyl (C=O) groups excluding carboxylic acids is 1. The van der Waals surface area contributed by atoms with Gasteiger partial charge in [-0.1, -0.05) is 5.16 Å². The Hall–Kier alpha value is -1.36. The quantitative estimate of drug-likeness (QED) is 0.638. The van der Waals surface area contributed by atoms with Gasteiger partial charge in [0, 0.05) is 6.07 Å². The van der Waals surface area contributed by atoms with Gasteiger partial charge in [-0.3, -0.25) is 4.79 Å². The predicted octanol–water partition coefficient (Wildman–Crippen LogP) is -0.151. The number of nitrogens with two attached hydrogens (primary N) is 1. The number of nitrogens with zero attached hydrogens (tertiary/aromatic N) is 1. The van der Waals surface area contributed by atoms with E-state index in [0.717, 1.165) is 0 Å². The minimum atomic E-state index is -0.341. The van der Waals surface area contributed by atoms with E-state index in [-0.39, 0.29) is 18.9 Å². The van der Waals surface area contributed by atoms with Crippen LogP contribution in [0.1, 0.15) is 11.5 Å². The van der Waals surface area contributed by atoms with E-state index < -0.39 is 0 Å². The zero-order valence-electron chi connectivity index (χ0n) is 6.74. The molecule has 0 unspecified atom stereocenters. The third-order valence-corrected chi connectivity index (χ3v) is 1.36. The van der Waals surface area contributed by atoms with Crippen molar-refractivity contribution in [2.24, 2.45) is 5.73 Å². The van der Waals surface area contributed by atoms with Gasteiger partial charge >= 0.3 is 5.97 Å². The maximum absolute atomic E-state index is 10.7. The fraction of sp³-hybridized carbons (Fsp3) is 0.429. The van der Waals surface area contributed by atoms with E-state index in [1.54, 1.807) is 6.07 Å². The molecule has 5 heteroatoms. The highest BCUT2D eigenvalue weighted by molar-refractivity contribution is 5.71. The van der Waals surface area contributed by atoms with Gasteiger partial charge in [0.15, 0.2) is 5.76 Å². The Kier molecular flexibility index (Phi) is 2.82. The number of esters is 1. The molecule has 12 heavy (non-hydrogen) atoms. The van der Waals surface area contributed by atoms with Crippen LogP contribution in [0.2, 0.25) is 0 Å². The lowest BCUT2D eigenvalue weighted by molar-refractivity contribution is -0.139. The summed E-state index contributed by atoms with van der Waals surface area (Å²) in [5, 5.41) is 3.62. The van der Waals surface area contributed by atoms with Crippen LogP contribution < -0.4 is 5.73 Å². The van der Waals surface area contributed by atoms with Crippen molar-refractivity contribution in [2.45, 2.75) is 13.0 Å². The molecule has 5 nitrogen and oxygen atoms in total. The van der Waals surface area contributed by atoms with Crippen LogP contribution in [0, 0.1) is 0 Å². The molecule has 0 spiro atoms. The fourth-order valence-corrected chi connectivity index (χ4v) is 0.755. The molecule has 0 atom stereocenters. The monoisotopic (exact) mass is 170 g/mol. The van der Waals surface area contributed by atoms with Crippen LogP contribution >= 0.6 is 0 Å². The Balaban J connectivity index is 2.58. The van der Waals surface area contributed by atoms with Crippen molar-refractivity contribution in [1.82, 2.24) is 5.16 Å². The third-order valence-electron chi connectivity index (χ3n) is 1.36. The summed E-state index contributed by atoms with van der Waals surface area (Å²) in [6.07, 6.45) is 0.125. The van der Waals surface area contributed by atoms with Crippen LogP contribution in [0.5, 0.6) is 0 Å². The first-order valence-corrected chi connectivity index (χ1v) is 3.47. The first kappa shape index (κ1) is 8.73. The summed E-state index contributed by atoms with van der Waals surface area (Å²) in [7, 11) is 1.33. The van der Waals surface area contributed by atoms with Crippen molar-refractivity contribution in [2.75, 3.05) is 7.11 Å². The number of rotatable bonds is 3. The maximum Gasteiger partial charge on any atom is 0.311 e. The molecular weight excluding hydrogens is 160 g/mol. The Bertz CT molecular complexity index is 269. The van der Waals surface area contributed by atoms with E-state index in [1.165, 1.54) is 7.11 Å². The molecule has 2 N–H and O–H groups in total. The highest BCUT2D eigenvalue weighted by Gasteiger charge is 2.07. The average molecular weight is 170 g/mol. The molecule has 0 aliphatic heterocycles. The van der Waals surface area contributed by atoms with Crippen molar-refractivity contribution in [3.8, 4) is 0 Å². The van der Waals surface area contributed by atoms with E-state index in [0.29, 0.717) is 11.5 Å². The number of aromatic nitrogens is 1. The normalized spacial score (nSPS) is 9.83. The summed E-state index contributed by atoms with van der Waals surface area (Å²) in [6.45, 7) is 0.286. The molecule has 0 aliphatic carbocycles.